The van der Waals surface area contributed by atoms with Crippen molar-refractivity contribution in [3.63, 3.8) is 0 Å². The second-order valence-electron chi connectivity index (χ2n) is 6.32. The Bertz CT molecular complexity index is 1070. The Morgan fingerprint density at radius 1 is 1.20 bits per heavy atom. The average molecular weight is 349 g/mol. The van der Waals surface area contributed by atoms with Gasteiger partial charge in [0.25, 0.3) is 0 Å². The molecule has 0 fully saturated rings. The number of anilines is 1. The van der Waals surface area contributed by atoms with Crippen molar-refractivity contribution in [2.45, 2.75) is 26.7 Å². The van der Waals surface area contributed by atoms with E-state index in [1.54, 1.807) is 17.7 Å². The fourth-order valence-corrected chi connectivity index (χ4v) is 3.85. The van der Waals surface area contributed by atoms with Crippen LogP contribution in [0.1, 0.15) is 35.9 Å². The van der Waals surface area contributed by atoms with Gasteiger partial charge in [0.2, 0.25) is 0 Å². The van der Waals surface area contributed by atoms with Crippen LogP contribution >= 0.6 is 11.3 Å². The van der Waals surface area contributed by atoms with Gasteiger partial charge in [-0.1, -0.05) is 32.0 Å². The van der Waals surface area contributed by atoms with Gasteiger partial charge in [0.05, 0.1) is 11.6 Å². The lowest BCUT2D eigenvalue weighted by Gasteiger charge is -2.04. The van der Waals surface area contributed by atoms with Gasteiger partial charge in [0.15, 0.2) is 5.82 Å². The number of aromatic nitrogens is 3. The van der Waals surface area contributed by atoms with Crippen molar-refractivity contribution in [2.75, 3.05) is 5.43 Å². The summed E-state index contributed by atoms with van der Waals surface area (Å²) in [4.78, 5) is 14.3. The summed E-state index contributed by atoms with van der Waals surface area (Å²) in [6, 6.07) is 10.4. The lowest BCUT2D eigenvalue weighted by molar-refractivity contribution is 0.835. The number of aryl methyl sites for hydroxylation is 1. The molecule has 25 heavy (non-hydrogen) atoms. The third-order valence-corrected chi connectivity index (χ3v) is 5.13. The number of H-pyrrole nitrogens is 1. The molecule has 0 unspecified atom stereocenters. The van der Waals surface area contributed by atoms with Gasteiger partial charge in [0.1, 0.15) is 11.2 Å². The number of nitrogens with zero attached hydrogens (tertiary/aromatic N) is 3. The first-order valence-corrected chi connectivity index (χ1v) is 9.06. The molecule has 0 radical (unpaired) electrons. The van der Waals surface area contributed by atoms with Crippen LogP contribution in [0.15, 0.2) is 41.8 Å². The molecule has 3 heterocycles. The van der Waals surface area contributed by atoms with Gasteiger partial charge in [-0.3, -0.25) is 5.43 Å². The molecule has 4 rings (SSSR count). The van der Waals surface area contributed by atoms with Gasteiger partial charge in [-0.2, -0.15) is 5.10 Å². The molecule has 0 amide bonds. The zero-order valence-electron chi connectivity index (χ0n) is 14.4. The lowest BCUT2D eigenvalue weighted by Crippen LogP contribution is -1.97. The second-order valence-corrected chi connectivity index (χ2v) is 7.56. The molecule has 5 nitrogen and oxygen atoms in total. The molecule has 0 bridgehead atoms. The number of aromatic amines is 1. The number of para-hydroxylation sites is 1. The predicted octanol–water partition coefficient (Wildman–Crippen LogP) is 5.05. The Balaban J connectivity index is 1.70. The van der Waals surface area contributed by atoms with E-state index in [2.05, 4.69) is 64.4 Å². The Labute approximate surface area is 149 Å². The molecule has 0 atom stereocenters. The smallest absolute Gasteiger partial charge is 0.158 e. The first kappa shape index (κ1) is 15.8. The molecule has 0 spiro atoms. The van der Waals surface area contributed by atoms with Crippen molar-refractivity contribution in [2.24, 2.45) is 5.10 Å². The summed E-state index contributed by atoms with van der Waals surface area (Å²) >= 11 is 1.66. The van der Waals surface area contributed by atoms with Gasteiger partial charge in [-0.05, 0) is 25.0 Å². The van der Waals surface area contributed by atoms with E-state index < -0.39 is 0 Å². The van der Waals surface area contributed by atoms with E-state index in [4.69, 9.17) is 0 Å². The van der Waals surface area contributed by atoms with Crippen molar-refractivity contribution in [1.29, 1.82) is 0 Å². The fraction of sp³-hybridized carbons (Fsp3) is 0.211. The largest absolute Gasteiger partial charge is 0.358 e. The quantitative estimate of drug-likeness (QED) is 0.400. The second kappa shape index (κ2) is 6.29. The standard InChI is InChI=1S/C19H19N5S/c1-11(2)17-15(13-6-4-5-7-16(13)23-17)9-22-24-18-14-8-12(3)25-19(14)21-10-20-18/h4-11,23H,1-3H3,(H,20,21,24)/b22-9+. The van der Waals surface area contributed by atoms with Crippen LogP contribution in [0.25, 0.3) is 21.1 Å². The minimum absolute atomic E-state index is 0.388. The minimum Gasteiger partial charge on any atom is -0.358 e. The van der Waals surface area contributed by atoms with Crippen LogP contribution in [0.2, 0.25) is 0 Å². The van der Waals surface area contributed by atoms with Crippen LogP contribution in [-0.4, -0.2) is 21.2 Å². The van der Waals surface area contributed by atoms with Crippen LogP contribution in [0.4, 0.5) is 5.82 Å². The van der Waals surface area contributed by atoms with E-state index in [9.17, 15) is 0 Å². The van der Waals surface area contributed by atoms with Crippen LogP contribution < -0.4 is 5.43 Å². The third kappa shape index (κ3) is 2.89. The molecule has 3 aromatic heterocycles. The number of nitrogens with one attached hydrogen (secondary N) is 2. The fourth-order valence-electron chi connectivity index (χ4n) is 3.00. The van der Waals surface area contributed by atoms with Crippen molar-refractivity contribution in [3.05, 3.63) is 52.8 Å². The number of benzene rings is 1. The first-order valence-electron chi connectivity index (χ1n) is 8.24. The van der Waals surface area contributed by atoms with Crippen molar-refractivity contribution in [1.82, 2.24) is 15.0 Å². The van der Waals surface area contributed by atoms with Gasteiger partial charge >= 0.3 is 0 Å². The zero-order chi connectivity index (χ0) is 17.4. The molecule has 0 saturated heterocycles. The van der Waals surface area contributed by atoms with E-state index in [1.807, 2.05) is 18.3 Å². The highest BCUT2D eigenvalue weighted by atomic mass is 32.1. The van der Waals surface area contributed by atoms with Crippen molar-refractivity contribution >= 4 is 44.5 Å². The molecular weight excluding hydrogens is 330 g/mol. The first-order chi connectivity index (χ1) is 12.1. The number of fused-ring (bicyclic) bond motifs is 2. The maximum atomic E-state index is 4.46. The lowest BCUT2D eigenvalue weighted by atomic mass is 10.0. The third-order valence-electron chi connectivity index (χ3n) is 4.17. The van der Waals surface area contributed by atoms with Crippen molar-refractivity contribution < 1.29 is 0 Å². The van der Waals surface area contributed by atoms with Crippen LogP contribution in [0.5, 0.6) is 0 Å². The maximum Gasteiger partial charge on any atom is 0.158 e. The van der Waals surface area contributed by atoms with Crippen LogP contribution in [0, 0.1) is 6.92 Å². The molecule has 126 valence electrons. The minimum atomic E-state index is 0.388. The zero-order valence-corrected chi connectivity index (χ0v) is 15.2. The normalized spacial score (nSPS) is 12.0. The molecule has 6 heteroatoms. The highest BCUT2D eigenvalue weighted by Gasteiger charge is 2.12. The topological polar surface area (TPSA) is 66.0 Å². The summed E-state index contributed by atoms with van der Waals surface area (Å²) in [6.45, 7) is 6.43. The molecule has 0 aliphatic heterocycles. The van der Waals surface area contributed by atoms with Gasteiger partial charge in [-0.25, -0.2) is 9.97 Å². The van der Waals surface area contributed by atoms with E-state index in [0.717, 1.165) is 27.1 Å². The highest BCUT2D eigenvalue weighted by molar-refractivity contribution is 7.18. The summed E-state index contributed by atoms with van der Waals surface area (Å²) < 4.78 is 0. The Morgan fingerprint density at radius 3 is 2.88 bits per heavy atom. The molecule has 1 aromatic carbocycles. The monoisotopic (exact) mass is 349 g/mol. The Morgan fingerprint density at radius 2 is 2.04 bits per heavy atom. The van der Waals surface area contributed by atoms with Gasteiger partial charge < -0.3 is 4.98 Å². The van der Waals surface area contributed by atoms with Crippen molar-refractivity contribution in [3.8, 4) is 0 Å². The number of rotatable bonds is 4. The summed E-state index contributed by atoms with van der Waals surface area (Å²) in [6.07, 6.45) is 3.45. The number of hydrazone groups is 1. The van der Waals surface area contributed by atoms with Crippen LogP contribution in [0.3, 0.4) is 0 Å². The Hall–Kier alpha value is -2.73. The molecular formula is C19H19N5S. The van der Waals surface area contributed by atoms with E-state index in [1.165, 1.54) is 16.0 Å². The van der Waals surface area contributed by atoms with Crippen LogP contribution in [-0.2, 0) is 0 Å². The van der Waals surface area contributed by atoms with E-state index >= 15 is 0 Å². The molecule has 0 aliphatic carbocycles. The SMILES string of the molecule is Cc1cc2c(N/N=C/c3c(C(C)C)[nH]c4ccccc34)ncnc2s1. The Kier molecular flexibility index (Phi) is 3.97. The molecule has 0 saturated carbocycles. The summed E-state index contributed by atoms with van der Waals surface area (Å²) in [5.74, 6) is 1.12. The van der Waals surface area contributed by atoms with E-state index in [-0.39, 0.29) is 0 Å². The average Bonchev–Trinajstić information content (AvgIpc) is 3.15. The molecule has 0 aliphatic rings. The number of hydrogen-bond acceptors (Lipinski definition) is 5. The van der Waals surface area contributed by atoms with Gasteiger partial charge in [0, 0.05) is 27.0 Å². The summed E-state index contributed by atoms with van der Waals surface area (Å²) in [7, 11) is 0. The highest BCUT2D eigenvalue weighted by Crippen LogP contribution is 2.28. The number of thiophene rings is 1. The predicted molar refractivity (Wildman–Crippen MR) is 106 cm³/mol. The molecule has 4 aromatic rings. The molecule has 2 N–H and O–H groups in total. The van der Waals surface area contributed by atoms with E-state index in [0.29, 0.717) is 5.92 Å². The number of hydrogen-bond donors (Lipinski definition) is 2. The summed E-state index contributed by atoms with van der Waals surface area (Å²) in [5.41, 5.74) is 6.51. The summed E-state index contributed by atoms with van der Waals surface area (Å²) in [5, 5.41) is 6.64. The van der Waals surface area contributed by atoms with Gasteiger partial charge in [-0.15, -0.1) is 11.3 Å². The maximum absolute atomic E-state index is 4.46.